The van der Waals surface area contributed by atoms with Crippen LogP contribution in [0.25, 0.3) is 0 Å². The second-order valence-electron chi connectivity index (χ2n) is 2.17. The van der Waals surface area contributed by atoms with E-state index in [1.807, 2.05) is 0 Å². The number of aliphatic imine (C=N–C) groups is 1. The molecule has 1 aliphatic rings. The summed E-state index contributed by atoms with van der Waals surface area (Å²) in [6, 6.07) is 0. The van der Waals surface area contributed by atoms with Gasteiger partial charge in [0.05, 0.1) is 23.3 Å². The van der Waals surface area contributed by atoms with Crippen molar-refractivity contribution in [1.29, 1.82) is 0 Å². The molecular formula is C6H6N2O4. The summed E-state index contributed by atoms with van der Waals surface area (Å²) in [5.41, 5.74) is -0.337. The van der Waals surface area contributed by atoms with Crippen LogP contribution in [0.4, 0.5) is 0 Å². The molecule has 0 aromatic carbocycles. The van der Waals surface area contributed by atoms with Crippen LogP contribution in [0.5, 0.6) is 0 Å². The molecule has 0 amide bonds. The first-order chi connectivity index (χ1) is 5.66. The molecule has 1 rings (SSSR count). The fourth-order valence-electron chi connectivity index (χ4n) is 0.866. The summed E-state index contributed by atoms with van der Waals surface area (Å²) in [5.74, 6) is -0.640. The van der Waals surface area contributed by atoms with Gasteiger partial charge in [-0.25, -0.2) is 0 Å². The van der Waals surface area contributed by atoms with Crippen LogP contribution in [0.15, 0.2) is 16.3 Å². The molecule has 0 aromatic rings. The van der Waals surface area contributed by atoms with Crippen molar-refractivity contribution >= 4 is 12.0 Å². The van der Waals surface area contributed by atoms with Gasteiger partial charge in [0.15, 0.2) is 5.78 Å². The van der Waals surface area contributed by atoms with Crippen LogP contribution in [0.2, 0.25) is 0 Å². The third-order valence-electron chi connectivity index (χ3n) is 1.45. The molecule has 6 nitrogen and oxygen atoms in total. The van der Waals surface area contributed by atoms with Crippen molar-refractivity contribution in [2.45, 2.75) is 0 Å². The number of carbonyl (C=O) groups is 1. The van der Waals surface area contributed by atoms with Gasteiger partial charge in [-0.15, -0.1) is 0 Å². The van der Waals surface area contributed by atoms with E-state index in [0.29, 0.717) is 0 Å². The predicted molar refractivity (Wildman–Crippen MR) is 39.5 cm³/mol. The summed E-state index contributed by atoms with van der Waals surface area (Å²) in [6.45, 7) is -0.717. The zero-order valence-corrected chi connectivity index (χ0v) is 6.06. The van der Waals surface area contributed by atoms with E-state index in [0.717, 1.165) is 6.21 Å². The van der Waals surface area contributed by atoms with Gasteiger partial charge in [0.1, 0.15) is 6.61 Å². The van der Waals surface area contributed by atoms with Crippen LogP contribution in [-0.4, -0.2) is 35.2 Å². The number of aliphatic hydroxyl groups is 1. The van der Waals surface area contributed by atoms with Gasteiger partial charge in [-0.1, -0.05) is 0 Å². The van der Waals surface area contributed by atoms with E-state index in [-0.39, 0.29) is 17.8 Å². The van der Waals surface area contributed by atoms with Crippen molar-refractivity contribution < 1.29 is 14.8 Å². The van der Waals surface area contributed by atoms with Gasteiger partial charge in [-0.05, 0) is 0 Å². The Morgan fingerprint density at radius 3 is 3.00 bits per heavy atom. The molecule has 0 aliphatic carbocycles. The third kappa shape index (κ3) is 1.37. The molecule has 0 atom stereocenters. The minimum Gasteiger partial charge on any atom is -0.388 e. The van der Waals surface area contributed by atoms with E-state index < -0.39 is 17.3 Å². The van der Waals surface area contributed by atoms with Crippen molar-refractivity contribution in [2.24, 2.45) is 4.99 Å². The maximum atomic E-state index is 10.8. The van der Waals surface area contributed by atoms with Gasteiger partial charge >= 0.3 is 0 Å². The van der Waals surface area contributed by atoms with Gasteiger partial charge in [-0.3, -0.25) is 19.9 Å². The molecule has 6 heteroatoms. The number of aliphatic hydroxyl groups excluding tert-OH is 1. The molecule has 0 radical (unpaired) electrons. The Morgan fingerprint density at radius 2 is 2.50 bits per heavy atom. The fourth-order valence-corrected chi connectivity index (χ4v) is 0.866. The highest BCUT2D eigenvalue weighted by Crippen LogP contribution is 2.11. The van der Waals surface area contributed by atoms with Crippen molar-refractivity contribution in [3.05, 3.63) is 21.4 Å². The average Bonchev–Trinajstić information content (AvgIpc) is 2.50. The Balaban J connectivity index is 2.96. The molecule has 0 unspecified atom stereocenters. The van der Waals surface area contributed by atoms with E-state index in [1.54, 1.807) is 0 Å². The van der Waals surface area contributed by atoms with Gasteiger partial charge in [0, 0.05) is 0 Å². The first kappa shape index (κ1) is 8.54. The third-order valence-corrected chi connectivity index (χ3v) is 1.45. The Bertz CT molecular complexity index is 292. The molecule has 0 saturated carbocycles. The molecule has 64 valence electrons. The fraction of sp³-hybridized carbons (Fsp3) is 0.333. The van der Waals surface area contributed by atoms with Crippen LogP contribution in [0.1, 0.15) is 0 Å². The molecule has 1 aliphatic heterocycles. The number of nitro groups is 1. The first-order valence-corrected chi connectivity index (χ1v) is 3.18. The highest BCUT2D eigenvalue weighted by atomic mass is 16.6. The summed E-state index contributed by atoms with van der Waals surface area (Å²) in [5, 5.41) is 18.7. The zero-order valence-electron chi connectivity index (χ0n) is 6.06. The maximum Gasteiger partial charge on any atom is 0.295 e. The van der Waals surface area contributed by atoms with Gasteiger partial charge in [-0.2, -0.15) is 0 Å². The Kier molecular flexibility index (Phi) is 2.29. The second-order valence-corrected chi connectivity index (χ2v) is 2.17. The number of hydrogen-bond acceptors (Lipinski definition) is 5. The van der Waals surface area contributed by atoms with Crippen LogP contribution >= 0.6 is 0 Å². The molecule has 0 bridgehead atoms. The van der Waals surface area contributed by atoms with Crippen LogP contribution in [0.3, 0.4) is 0 Å². The van der Waals surface area contributed by atoms with Crippen LogP contribution in [-0.2, 0) is 4.79 Å². The van der Waals surface area contributed by atoms with E-state index >= 15 is 0 Å². The van der Waals surface area contributed by atoms with Crippen molar-refractivity contribution in [1.82, 2.24) is 0 Å². The lowest BCUT2D eigenvalue weighted by atomic mass is 10.1. The van der Waals surface area contributed by atoms with Crippen LogP contribution < -0.4 is 0 Å². The SMILES string of the molecule is O=C(CO)C1=C([N+](=O)[O-])C=NC1. The van der Waals surface area contributed by atoms with Crippen molar-refractivity contribution in [3.8, 4) is 0 Å². The van der Waals surface area contributed by atoms with Gasteiger partial charge < -0.3 is 5.11 Å². The minimum absolute atomic E-state index is 0.00426. The molecular weight excluding hydrogens is 164 g/mol. The Labute approximate surface area is 67.4 Å². The monoisotopic (exact) mass is 170 g/mol. The largest absolute Gasteiger partial charge is 0.388 e. The van der Waals surface area contributed by atoms with E-state index in [2.05, 4.69) is 4.99 Å². The molecule has 0 aromatic heterocycles. The summed E-state index contributed by atoms with van der Waals surface area (Å²) >= 11 is 0. The zero-order chi connectivity index (χ0) is 9.14. The van der Waals surface area contributed by atoms with E-state index in [9.17, 15) is 14.9 Å². The standard InChI is InChI=1S/C6H6N2O4/c9-3-6(10)4-1-7-2-5(4)8(11)12/h2,9H,1,3H2. The summed E-state index contributed by atoms with van der Waals surface area (Å²) in [4.78, 5) is 24.0. The molecule has 0 fully saturated rings. The normalized spacial score (nSPS) is 15.4. The molecule has 0 spiro atoms. The lowest BCUT2D eigenvalue weighted by Crippen LogP contribution is -2.13. The van der Waals surface area contributed by atoms with Gasteiger partial charge in [0.25, 0.3) is 5.70 Å². The smallest absolute Gasteiger partial charge is 0.295 e. The van der Waals surface area contributed by atoms with Crippen molar-refractivity contribution in [3.63, 3.8) is 0 Å². The number of rotatable bonds is 3. The lowest BCUT2D eigenvalue weighted by molar-refractivity contribution is -0.414. The number of ketones is 1. The van der Waals surface area contributed by atoms with Crippen molar-refractivity contribution in [2.75, 3.05) is 13.2 Å². The molecule has 1 heterocycles. The van der Waals surface area contributed by atoms with Gasteiger partial charge in [0.2, 0.25) is 0 Å². The lowest BCUT2D eigenvalue weighted by Gasteiger charge is -1.94. The molecule has 12 heavy (non-hydrogen) atoms. The Hall–Kier alpha value is -1.56. The number of nitrogens with zero attached hydrogens (tertiary/aromatic N) is 2. The number of carbonyl (C=O) groups excluding carboxylic acids is 1. The highest BCUT2D eigenvalue weighted by molar-refractivity contribution is 6.03. The number of allylic oxidation sites excluding steroid dienone is 1. The quantitative estimate of drug-likeness (QED) is 0.441. The highest BCUT2D eigenvalue weighted by Gasteiger charge is 2.25. The first-order valence-electron chi connectivity index (χ1n) is 3.18. The minimum atomic E-state index is -0.712. The summed E-state index contributed by atoms with van der Waals surface area (Å²) < 4.78 is 0. The Morgan fingerprint density at radius 1 is 1.83 bits per heavy atom. The maximum absolute atomic E-state index is 10.8. The average molecular weight is 170 g/mol. The van der Waals surface area contributed by atoms with E-state index in [4.69, 9.17) is 5.11 Å². The molecule has 0 saturated heterocycles. The number of Topliss-reactive ketones (excluding diaryl/α,β-unsaturated/α-hetero) is 1. The number of hydrogen-bond donors (Lipinski definition) is 1. The topological polar surface area (TPSA) is 92.8 Å². The second kappa shape index (κ2) is 3.22. The summed E-state index contributed by atoms with van der Waals surface area (Å²) in [7, 11) is 0. The van der Waals surface area contributed by atoms with Crippen LogP contribution in [0, 0.1) is 10.1 Å². The molecule has 1 N–H and O–H groups in total. The van der Waals surface area contributed by atoms with E-state index in [1.165, 1.54) is 0 Å². The summed E-state index contributed by atoms with van der Waals surface area (Å²) in [6.07, 6.45) is 1.03. The predicted octanol–water partition coefficient (Wildman–Crippen LogP) is -0.837.